The Morgan fingerprint density at radius 2 is 2.05 bits per heavy atom. The van der Waals surface area contributed by atoms with Crippen LogP contribution in [0.3, 0.4) is 0 Å². The average molecular weight is 261 g/mol. The van der Waals surface area contributed by atoms with Gasteiger partial charge in [0, 0.05) is 19.7 Å². The third-order valence-electron chi connectivity index (χ3n) is 4.14. The van der Waals surface area contributed by atoms with Crippen molar-refractivity contribution in [2.45, 2.75) is 32.1 Å². The van der Waals surface area contributed by atoms with Crippen molar-refractivity contribution >= 4 is 5.91 Å². The van der Waals surface area contributed by atoms with Crippen LogP contribution in [0.5, 0.6) is 0 Å². The molecule has 1 aliphatic rings. The monoisotopic (exact) mass is 261 g/mol. The zero-order valence-electron chi connectivity index (χ0n) is 11.8. The molecule has 3 heteroatoms. The van der Waals surface area contributed by atoms with Gasteiger partial charge < -0.3 is 10.0 Å². The molecular formula is C16H23NO2. The zero-order valence-corrected chi connectivity index (χ0v) is 11.8. The van der Waals surface area contributed by atoms with Gasteiger partial charge in [0.25, 0.3) is 0 Å². The van der Waals surface area contributed by atoms with E-state index in [1.165, 1.54) is 0 Å². The number of hydrogen-bond acceptors (Lipinski definition) is 2. The summed E-state index contributed by atoms with van der Waals surface area (Å²) in [5.41, 5.74) is 0.584. The van der Waals surface area contributed by atoms with Crippen molar-refractivity contribution in [3.63, 3.8) is 0 Å². The minimum absolute atomic E-state index is 0.194. The van der Waals surface area contributed by atoms with Gasteiger partial charge in [-0.3, -0.25) is 4.79 Å². The van der Waals surface area contributed by atoms with Crippen LogP contribution < -0.4 is 0 Å². The molecule has 3 nitrogen and oxygen atoms in total. The first-order valence-corrected chi connectivity index (χ1v) is 7.01. The third-order valence-corrected chi connectivity index (χ3v) is 4.14. The van der Waals surface area contributed by atoms with Crippen LogP contribution in [-0.4, -0.2) is 35.6 Å². The second-order valence-corrected chi connectivity index (χ2v) is 5.91. The quantitative estimate of drug-likeness (QED) is 0.902. The number of aliphatic hydroxyl groups is 1. The van der Waals surface area contributed by atoms with Crippen molar-refractivity contribution in [1.29, 1.82) is 0 Å². The summed E-state index contributed by atoms with van der Waals surface area (Å²) in [7, 11) is 0. The maximum Gasteiger partial charge on any atom is 0.232 e. The molecule has 2 rings (SSSR count). The first-order chi connectivity index (χ1) is 9.05. The van der Waals surface area contributed by atoms with Gasteiger partial charge in [0.2, 0.25) is 5.91 Å². The van der Waals surface area contributed by atoms with Crippen molar-refractivity contribution in [2.75, 3.05) is 19.7 Å². The predicted molar refractivity (Wildman–Crippen MR) is 75.9 cm³/mol. The minimum Gasteiger partial charge on any atom is -0.396 e. The van der Waals surface area contributed by atoms with Crippen LogP contribution in [0.15, 0.2) is 30.3 Å². The molecule has 1 unspecified atom stereocenters. The molecule has 1 N–H and O–H groups in total. The highest BCUT2D eigenvalue weighted by molar-refractivity contribution is 5.87. The van der Waals surface area contributed by atoms with Gasteiger partial charge in [-0.05, 0) is 38.2 Å². The first kappa shape index (κ1) is 14.1. The molecular weight excluding hydrogens is 238 g/mol. The lowest BCUT2D eigenvalue weighted by Gasteiger charge is -2.29. The number of nitrogens with zero attached hydrogens (tertiary/aromatic N) is 1. The number of aliphatic hydroxyl groups excluding tert-OH is 1. The second-order valence-electron chi connectivity index (χ2n) is 5.91. The summed E-state index contributed by atoms with van der Waals surface area (Å²) < 4.78 is 0. The fraction of sp³-hybridized carbons (Fsp3) is 0.562. The van der Waals surface area contributed by atoms with Crippen molar-refractivity contribution in [1.82, 2.24) is 4.90 Å². The topological polar surface area (TPSA) is 40.5 Å². The summed E-state index contributed by atoms with van der Waals surface area (Å²) in [6.45, 7) is 5.80. The van der Waals surface area contributed by atoms with E-state index in [9.17, 15) is 4.79 Å². The van der Waals surface area contributed by atoms with Gasteiger partial charge >= 0.3 is 0 Å². The average Bonchev–Trinajstić information content (AvgIpc) is 2.88. The number of rotatable bonds is 4. The summed E-state index contributed by atoms with van der Waals surface area (Å²) in [6.07, 6.45) is 1.81. The summed E-state index contributed by atoms with van der Waals surface area (Å²) in [5.74, 6) is 0.652. The highest BCUT2D eigenvalue weighted by Crippen LogP contribution is 2.29. The molecule has 1 heterocycles. The molecule has 0 bridgehead atoms. The molecule has 0 saturated carbocycles. The van der Waals surface area contributed by atoms with Crippen LogP contribution in [0.25, 0.3) is 0 Å². The summed E-state index contributed by atoms with van der Waals surface area (Å²) in [4.78, 5) is 14.6. The molecule has 104 valence electrons. The lowest BCUT2D eigenvalue weighted by molar-refractivity contribution is -0.135. The van der Waals surface area contributed by atoms with Gasteiger partial charge in [0.1, 0.15) is 0 Å². The maximum absolute atomic E-state index is 12.7. The number of carbonyl (C=O) groups excluding carboxylic acids is 1. The Labute approximate surface area is 115 Å². The van der Waals surface area contributed by atoms with E-state index in [-0.39, 0.29) is 12.5 Å². The standard InChI is InChI=1S/C16H23NO2/c1-16(2,14-6-4-3-5-7-14)15(19)17-10-8-13(12-17)9-11-18/h3-7,13,18H,8-12H2,1-2H3. The molecule has 19 heavy (non-hydrogen) atoms. The van der Waals surface area contributed by atoms with Crippen LogP contribution in [-0.2, 0) is 10.2 Å². The highest BCUT2D eigenvalue weighted by Gasteiger charge is 2.36. The van der Waals surface area contributed by atoms with E-state index in [2.05, 4.69) is 0 Å². The van der Waals surface area contributed by atoms with Crippen molar-refractivity contribution in [3.05, 3.63) is 35.9 Å². The van der Waals surface area contributed by atoms with Crippen LogP contribution >= 0.6 is 0 Å². The second kappa shape index (κ2) is 5.74. The molecule has 0 spiro atoms. The Bertz CT molecular complexity index is 428. The van der Waals surface area contributed by atoms with E-state index >= 15 is 0 Å². The van der Waals surface area contributed by atoms with Crippen LogP contribution in [0.4, 0.5) is 0 Å². The van der Waals surface area contributed by atoms with Crippen molar-refractivity contribution < 1.29 is 9.90 Å². The predicted octanol–water partition coefficient (Wildman–Crippen LogP) is 2.20. The molecule has 1 aromatic carbocycles. The first-order valence-electron chi connectivity index (χ1n) is 7.01. The Hall–Kier alpha value is -1.35. The van der Waals surface area contributed by atoms with E-state index < -0.39 is 5.41 Å². The van der Waals surface area contributed by atoms with E-state index in [1.807, 2.05) is 49.1 Å². The fourth-order valence-corrected chi connectivity index (χ4v) is 2.81. The molecule has 1 saturated heterocycles. The normalized spacial score (nSPS) is 19.7. The van der Waals surface area contributed by atoms with Gasteiger partial charge in [-0.1, -0.05) is 30.3 Å². The van der Waals surface area contributed by atoms with Crippen LogP contribution in [0.1, 0.15) is 32.3 Å². The van der Waals surface area contributed by atoms with E-state index in [0.29, 0.717) is 5.92 Å². The van der Waals surface area contributed by atoms with Gasteiger partial charge in [0.15, 0.2) is 0 Å². The Morgan fingerprint density at radius 1 is 1.37 bits per heavy atom. The number of amides is 1. The Morgan fingerprint density at radius 3 is 2.68 bits per heavy atom. The Balaban J connectivity index is 2.07. The maximum atomic E-state index is 12.7. The van der Waals surface area contributed by atoms with Crippen LogP contribution in [0, 0.1) is 5.92 Å². The van der Waals surface area contributed by atoms with Gasteiger partial charge in [-0.15, -0.1) is 0 Å². The van der Waals surface area contributed by atoms with Gasteiger partial charge in [-0.25, -0.2) is 0 Å². The fourth-order valence-electron chi connectivity index (χ4n) is 2.81. The number of carbonyl (C=O) groups is 1. The molecule has 1 fully saturated rings. The van der Waals surface area contributed by atoms with Crippen molar-refractivity contribution in [3.8, 4) is 0 Å². The lowest BCUT2D eigenvalue weighted by Crippen LogP contribution is -2.42. The SMILES string of the molecule is CC(C)(C(=O)N1CCC(CCO)C1)c1ccccc1. The smallest absolute Gasteiger partial charge is 0.232 e. The van der Waals surface area contributed by atoms with Gasteiger partial charge in [0.05, 0.1) is 5.41 Å². The number of likely N-dealkylation sites (tertiary alicyclic amines) is 1. The highest BCUT2D eigenvalue weighted by atomic mass is 16.3. The molecule has 0 aliphatic carbocycles. The number of hydrogen-bond donors (Lipinski definition) is 1. The number of benzene rings is 1. The summed E-state index contributed by atoms with van der Waals surface area (Å²) >= 11 is 0. The van der Waals surface area contributed by atoms with Gasteiger partial charge in [-0.2, -0.15) is 0 Å². The Kier molecular flexibility index (Phi) is 4.25. The molecule has 0 aromatic heterocycles. The van der Waals surface area contributed by atoms with Crippen molar-refractivity contribution in [2.24, 2.45) is 5.92 Å². The zero-order chi connectivity index (χ0) is 13.9. The molecule has 1 aromatic rings. The molecule has 0 radical (unpaired) electrons. The largest absolute Gasteiger partial charge is 0.396 e. The molecule has 1 aliphatic heterocycles. The summed E-state index contributed by atoms with van der Waals surface area (Å²) in [5, 5.41) is 8.99. The minimum atomic E-state index is -0.477. The lowest BCUT2D eigenvalue weighted by atomic mass is 9.83. The van der Waals surface area contributed by atoms with E-state index in [1.54, 1.807) is 0 Å². The van der Waals surface area contributed by atoms with Crippen LogP contribution in [0.2, 0.25) is 0 Å². The molecule has 1 amide bonds. The van der Waals surface area contributed by atoms with E-state index in [0.717, 1.165) is 31.5 Å². The van der Waals surface area contributed by atoms with E-state index in [4.69, 9.17) is 5.11 Å². The molecule has 1 atom stereocenters. The third kappa shape index (κ3) is 2.98. The summed E-state index contributed by atoms with van der Waals surface area (Å²) in [6, 6.07) is 9.95.